The number of benzene rings is 2. The van der Waals surface area contributed by atoms with E-state index in [9.17, 15) is 37.2 Å². The lowest BCUT2D eigenvalue weighted by Crippen LogP contribution is -2.47. The van der Waals surface area contributed by atoms with E-state index >= 15 is 0 Å². The van der Waals surface area contributed by atoms with Crippen molar-refractivity contribution in [3.05, 3.63) is 103 Å². The van der Waals surface area contributed by atoms with Crippen molar-refractivity contribution in [2.24, 2.45) is 0 Å². The molecule has 1 saturated heterocycles. The summed E-state index contributed by atoms with van der Waals surface area (Å²) in [7, 11) is -4.63. The number of esters is 1. The number of alkyl halides is 3. The number of aliphatic hydroxyl groups excluding tert-OH is 1. The summed E-state index contributed by atoms with van der Waals surface area (Å²) in [5.74, 6) is -1.13. The number of halogens is 4. The lowest BCUT2D eigenvalue weighted by atomic mass is 10.1. The van der Waals surface area contributed by atoms with Gasteiger partial charge in [-0.05, 0) is 54.7 Å². The first-order valence-corrected chi connectivity index (χ1v) is 16.1. The number of nitrogens with zero attached hydrogens (tertiary/aromatic N) is 1. The minimum atomic E-state index is -4.63. The molecule has 3 N–H and O–H groups in total. The first-order valence-electron chi connectivity index (χ1n) is 13.7. The Morgan fingerprint density at radius 1 is 1.17 bits per heavy atom. The van der Waals surface area contributed by atoms with E-state index in [1.54, 1.807) is 30.3 Å². The van der Waals surface area contributed by atoms with Gasteiger partial charge in [0.25, 0.3) is 5.56 Å². The Morgan fingerprint density at radius 3 is 2.48 bits per heavy atom. The predicted octanol–water partition coefficient (Wildman–Crippen LogP) is 4.88. The minimum Gasteiger partial charge on any atom is -0.459 e. The first kappa shape index (κ1) is 35.3. The summed E-state index contributed by atoms with van der Waals surface area (Å²) in [6.45, 7) is 1.97. The van der Waals surface area contributed by atoms with Crippen molar-refractivity contribution in [2.75, 3.05) is 6.61 Å². The van der Waals surface area contributed by atoms with Crippen LogP contribution in [0.3, 0.4) is 0 Å². The molecule has 4 atom stereocenters. The van der Waals surface area contributed by atoms with Gasteiger partial charge in [-0.3, -0.25) is 23.7 Å². The first-order chi connectivity index (χ1) is 21.6. The number of rotatable bonds is 12. The molecule has 46 heavy (non-hydrogen) atoms. The zero-order chi connectivity index (χ0) is 33.7. The van der Waals surface area contributed by atoms with E-state index in [1.165, 1.54) is 31.1 Å². The van der Waals surface area contributed by atoms with Crippen LogP contribution in [0.15, 0.2) is 75.4 Å². The molecule has 0 saturated carbocycles. The summed E-state index contributed by atoms with van der Waals surface area (Å²) >= 11 is 3.06. The summed E-state index contributed by atoms with van der Waals surface area (Å²) in [6.07, 6.45) is -5.60. The van der Waals surface area contributed by atoms with E-state index in [0.29, 0.717) is 17.7 Å². The van der Waals surface area contributed by atoms with E-state index in [1.807, 2.05) is 0 Å². The topological polar surface area (TPSA) is 158 Å². The number of nitrogens with one attached hydrogen (secondary N) is 2. The number of aromatic amines is 1. The summed E-state index contributed by atoms with van der Waals surface area (Å²) in [6, 6.07) is 12.1. The molecule has 248 valence electrons. The van der Waals surface area contributed by atoms with Crippen LogP contribution in [-0.2, 0) is 36.1 Å². The maximum atomic E-state index is 14.1. The lowest BCUT2D eigenvalue weighted by molar-refractivity contribution is -0.151. The monoisotopic (exact) mass is 731 g/mol. The zero-order valence-corrected chi connectivity index (χ0v) is 26.9. The Morgan fingerprint density at radius 2 is 1.85 bits per heavy atom. The number of carbonyl (C=O) groups is 1. The number of carbonyl (C=O) groups excluding carboxylic acids is 1. The van der Waals surface area contributed by atoms with Crippen molar-refractivity contribution in [3.8, 4) is 5.75 Å². The van der Waals surface area contributed by atoms with E-state index in [4.69, 9.17) is 18.5 Å². The highest BCUT2D eigenvalue weighted by atomic mass is 79.9. The van der Waals surface area contributed by atoms with Gasteiger partial charge in [-0.2, -0.15) is 18.3 Å². The molecule has 1 aliphatic rings. The van der Waals surface area contributed by atoms with Crippen LogP contribution in [0.2, 0.25) is 0 Å². The largest absolute Gasteiger partial charge is 0.459 e. The van der Waals surface area contributed by atoms with Gasteiger partial charge in [0.1, 0.15) is 30.2 Å². The molecule has 1 unspecified atom stereocenters. The summed E-state index contributed by atoms with van der Waals surface area (Å²) in [5.41, 5.74) is -3.33. The van der Waals surface area contributed by atoms with Crippen LogP contribution >= 0.6 is 23.7 Å². The number of ether oxygens (including phenoxy) is 2. The van der Waals surface area contributed by atoms with Gasteiger partial charge in [0, 0.05) is 12.6 Å². The smallest absolute Gasteiger partial charge is 0.459 e. The highest BCUT2D eigenvalue weighted by Gasteiger charge is 2.43. The molecule has 0 amide bonds. The molecule has 0 bridgehead atoms. The number of hydrogen-bond acceptors (Lipinski definition) is 9. The van der Waals surface area contributed by atoms with Gasteiger partial charge in [0.15, 0.2) is 0 Å². The maximum Gasteiger partial charge on any atom is 0.459 e. The molecule has 1 aliphatic heterocycles. The van der Waals surface area contributed by atoms with E-state index < -0.39 is 67.3 Å². The summed E-state index contributed by atoms with van der Waals surface area (Å²) < 4.78 is 76.6. The fourth-order valence-electron chi connectivity index (χ4n) is 4.33. The van der Waals surface area contributed by atoms with Crippen LogP contribution in [0.25, 0.3) is 6.08 Å². The number of hydrogen-bond donors (Lipinski definition) is 3. The second-order valence-corrected chi connectivity index (χ2v) is 12.9. The van der Waals surface area contributed by atoms with Crippen molar-refractivity contribution < 1.29 is 46.2 Å². The second-order valence-electron chi connectivity index (χ2n) is 10.7. The Labute approximate surface area is 268 Å². The molecule has 1 aromatic heterocycles. The van der Waals surface area contributed by atoms with Crippen molar-refractivity contribution in [1.29, 1.82) is 0 Å². The number of aliphatic hydroxyl groups is 1. The Hall–Kier alpha value is -3.53. The average Bonchev–Trinajstić information content (AvgIpc) is 3.36. The summed E-state index contributed by atoms with van der Waals surface area (Å²) in [4.78, 5) is 41.1. The average molecular weight is 732 g/mol. The van der Waals surface area contributed by atoms with Gasteiger partial charge in [-0.15, -0.1) is 0 Å². The lowest BCUT2D eigenvalue weighted by Gasteiger charge is -2.30. The van der Waals surface area contributed by atoms with Crippen molar-refractivity contribution in [2.45, 2.75) is 57.0 Å². The third-order valence-corrected chi connectivity index (χ3v) is 8.75. The van der Waals surface area contributed by atoms with E-state index in [2.05, 4.69) is 26.0 Å². The van der Waals surface area contributed by atoms with Crippen LogP contribution in [0.1, 0.15) is 43.2 Å². The third-order valence-electron chi connectivity index (χ3n) is 6.71. The molecule has 0 radical (unpaired) electrons. The van der Waals surface area contributed by atoms with Crippen LogP contribution in [0, 0.1) is 0 Å². The normalized spacial score (nSPS) is 20.0. The fraction of sp³-hybridized carbons (Fsp3) is 0.345. The minimum absolute atomic E-state index is 0.101. The predicted molar refractivity (Wildman–Crippen MR) is 163 cm³/mol. The fourth-order valence-corrected chi connectivity index (χ4v) is 6.29. The van der Waals surface area contributed by atoms with Crippen LogP contribution in [0.4, 0.5) is 13.2 Å². The van der Waals surface area contributed by atoms with E-state index in [0.717, 1.165) is 16.7 Å². The van der Waals surface area contributed by atoms with Crippen LogP contribution in [0.5, 0.6) is 5.75 Å². The van der Waals surface area contributed by atoms with Crippen LogP contribution < -0.4 is 20.9 Å². The summed E-state index contributed by atoms with van der Waals surface area (Å²) in [5, 5.41) is 13.2. The molecule has 0 spiro atoms. The van der Waals surface area contributed by atoms with Crippen molar-refractivity contribution in [1.82, 2.24) is 14.6 Å². The van der Waals surface area contributed by atoms with Crippen LogP contribution in [-0.4, -0.2) is 45.0 Å². The third kappa shape index (κ3) is 9.05. The Kier molecular flexibility index (Phi) is 11.1. The molecule has 17 heteroatoms. The van der Waals surface area contributed by atoms with Gasteiger partial charge in [0.2, 0.25) is 0 Å². The molecule has 3 aromatic rings. The van der Waals surface area contributed by atoms with Gasteiger partial charge >= 0.3 is 25.6 Å². The maximum absolute atomic E-state index is 14.1. The Bertz CT molecular complexity index is 1710. The molecular formula is C29H30BrF3N3O9P. The zero-order valence-electron chi connectivity index (χ0n) is 24.4. The highest BCUT2D eigenvalue weighted by Crippen LogP contribution is 2.47. The van der Waals surface area contributed by atoms with Gasteiger partial charge in [-0.1, -0.05) is 46.3 Å². The second kappa shape index (κ2) is 14.5. The molecule has 2 aromatic carbocycles. The van der Waals surface area contributed by atoms with E-state index in [-0.39, 0.29) is 24.3 Å². The molecule has 2 heterocycles. The molecular weight excluding hydrogens is 702 g/mol. The van der Waals surface area contributed by atoms with Gasteiger partial charge < -0.3 is 19.1 Å². The van der Waals surface area contributed by atoms with Gasteiger partial charge in [-0.25, -0.2) is 9.36 Å². The quantitative estimate of drug-likeness (QED) is 0.173. The van der Waals surface area contributed by atoms with Crippen molar-refractivity contribution in [3.63, 3.8) is 0 Å². The molecule has 0 aliphatic carbocycles. The highest BCUT2D eigenvalue weighted by molar-refractivity contribution is 9.11. The molecule has 4 rings (SSSR count). The van der Waals surface area contributed by atoms with Crippen molar-refractivity contribution >= 4 is 35.7 Å². The van der Waals surface area contributed by atoms with Gasteiger partial charge in [0.05, 0.1) is 23.8 Å². The number of aromatic nitrogens is 2. The SMILES string of the molecule is CC(C)(NP(=O)(OC[C@H]1O[C@@H](n2cc(/C=C/Br)c(=O)[nH]c2=O)C[C@H]1O)Oc1ccc(C(F)(F)F)cc1)C(=O)OCc1ccccc1. The molecule has 1 fully saturated rings. The standard InChI is InChI=1S/C29H30BrF3N3O9P/c1-28(2,26(39)42-16-18-6-4-3-5-7-18)35-46(41,45-21-10-8-20(9-11-21)29(31,32)33)43-17-23-22(37)14-24(44-23)36-15-19(12-13-30)25(38)34-27(36)40/h3-13,15,22-24,37H,14,16-17H2,1-2H3,(H,35,41)(H,34,38,40)/b13-12+/t22-,23-,24-,46?/m1/s1. The Balaban J connectivity index is 1.53. The molecule has 12 nitrogen and oxygen atoms in total. The number of H-pyrrole nitrogens is 1.